The highest BCUT2D eigenvalue weighted by atomic mass is 19.2. The zero-order valence-corrected chi connectivity index (χ0v) is 12.4. The average Bonchev–Trinajstić information content (AvgIpc) is 2.71. The first-order chi connectivity index (χ1) is 9.89. The predicted molar refractivity (Wildman–Crippen MR) is 81.2 cm³/mol. The summed E-state index contributed by atoms with van der Waals surface area (Å²) >= 11 is 0. The summed E-state index contributed by atoms with van der Waals surface area (Å²) < 4.78 is 24.1. The molecule has 0 fully saturated rings. The van der Waals surface area contributed by atoms with E-state index >= 15 is 0 Å². The SMILES string of the molecule is CCc1cc(-c2cc3c(cc2C)OC(C)(F)O3)ccc1N. The van der Waals surface area contributed by atoms with Crippen LogP contribution in [0.4, 0.5) is 10.1 Å². The molecule has 0 aromatic heterocycles. The number of alkyl halides is 1. The number of anilines is 1. The standard InChI is InChI=1S/C17H18FNO2/c1-4-11-8-12(5-6-14(11)19)13-9-16-15(7-10(13)2)20-17(3,18)21-16/h5-9H,4,19H2,1-3H3. The fourth-order valence-corrected chi connectivity index (χ4v) is 2.63. The van der Waals surface area contributed by atoms with Crippen molar-refractivity contribution in [1.82, 2.24) is 0 Å². The first-order valence-corrected chi connectivity index (χ1v) is 7.00. The summed E-state index contributed by atoms with van der Waals surface area (Å²) in [4.78, 5) is 0. The molecule has 3 nitrogen and oxygen atoms in total. The van der Waals surface area contributed by atoms with Crippen molar-refractivity contribution in [3.8, 4) is 22.6 Å². The monoisotopic (exact) mass is 287 g/mol. The molecule has 2 aromatic rings. The number of hydrogen-bond donors (Lipinski definition) is 1. The Labute approximate surface area is 123 Å². The summed E-state index contributed by atoms with van der Waals surface area (Å²) in [5.41, 5.74) is 10.9. The molecule has 4 heteroatoms. The third-order valence-corrected chi connectivity index (χ3v) is 3.71. The largest absolute Gasteiger partial charge is 0.423 e. The molecule has 0 amide bonds. The molecule has 0 spiro atoms. The van der Waals surface area contributed by atoms with Crippen LogP contribution in [-0.2, 0) is 6.42 Å². The number of nitrogen functional groups attached to an aromatic ring is 1. The molecule has 0 saturated carbocycles. The van der Waals surface area contributed by atoms with Gasteiger partial charge in [0.05, 0.1) is 0 Å². The van der Waals surface area contributed by atoms with Crippen LogP contribution in [-0.4, -0.2) is 6.04 Å². The van der Waals surface area contributed by atoms with Crippen LogP contribution in [0.3, 0.4) is 0 Å². The molecule has 1 atom stereocenters. The highest BCUT2D eigenvalue weighted by molar-refractivity contribution is 5.73. The number of benzene rings is 2. The van der Waals surface area contributed by atoms with Crippen LogP contribution in [0.15, 0.2) is 30.3 Å². The lowest BCUT2D eigenvalue weighted by Gasteiger charge is -2.11. The summed E-state index contributed by atoms with van der Waals surface area (Å²) in [5, 5.41) is 0. The van der Waals surface area contributed by atoms with Crippen molar-refractivity contribution in [3.05, 3.63) is 41.5 Å². The molecule has 2 N–H and O–H groups in total. The van der Waals surface area contributed by atoms with E-state index in [4.69, 9.17) is 15.2 Å². The Hall–Kier alpha value is -2.23. The van der Waals surface area contributed by atoms with Gasteiger partial charge in [0.15, 0.2) is 11.5 Å². The molecule has 3 rings (SSSR count). The van der Waals surface area contributed by atoms with E-state index in [2.05, 4.69) is 13.0 Å². The Balaban J connectivity index is 2.08. The van der Waals surface area contributed by atoms with Gasteiger partial charge >= 0.3 is 6.04 Å². The van der Waals surface area contributed by atoms with Gasteiger partial charge in [-0.25, -0.2) is 0 Å². The van der Waals surface area contributed by atoms with Crippen LogP contribution in [0.1, 0.15) is 25.0 Å². The smallest absolute Gasteiger partial charge is 0.404 e. The lowest BCUT2D eigenvalue weighted by Crippen LogP contribution is -2.27. The van der Waals surface area contributed by atoms with Crippen LogP contribution in [0.5, 0.6) is 11.5 Å². The number of halogens is 1. The number of rotatable bonds is 2. The molecule has 0 saturated heterocycles. The van der Waals surface area contributed by atoms with Gasteiger partial charge in [0.25, 0.3) is 0 Å². The number of aryl methyl sites for hydroxylation is 2. The van der Waals surface area contributed by atoms with Gasteiger partial charge in [-0.05, 0) is 59.9 Å². The number of ether oxygens (including phenoxy) is 2. The van der Waals surface area contributed by atoms with E-state index in [1.54, 1.807) is 6.07 Å². The van der Waals surface area contributed by atoms with E-state index in [-0.39, 0.29) is 0 Å². The van der Waals surface area contributed by atoms with Gasteiger partial charge in [0, 0.05) is 12.6 Å². The zero-order chi connectivity index (χ0) is 15.2. The van der Waals surface area contributed by atoms with E-state index < -0.39 is 6.04 Å². The predicted octanol–water partition coefficient (Wildman–Crippen LogP) is 4.22. The summed E-state index contributed by atoms with van der Waals surface area (Å²) in [5.74, 6) is 0.864. The summed E-state index contributed by atoms with van der Waals surface area (Å²) in [6.07, 6.45) is 0.867. The van der Waals surface area contributed by atoms with Gasteiger partial charge in [0.2, 0.25) is 0 Å². The van der Waals surface area contributed by atoms with E-state index in [0.717, 1.165) is 34.4 Å². The van der Waals surface area contributed by atoms with Crippen molar-refractivity contribution in [2.45, 2.75) is 33.2 Å². The second kappa shape index (κ2) is 4.65. The van der Waals surface area contributed by atoms with Gasteiger partial charge in [0.1, 0.15) is 0 Å². The highest BCUT2D eigenvalue weighted by Crippen LogP contribution is 2.44. The molecule has 0 aliphatic carbocycles. The van der Waals surface area contributed by atoms with Crippen molar-refractivity contribution in [2.75, 3.05) is 5.73 Å². The fourth-order valence-electron chi connectivity index (χ4n) is 2.63. The average molecular weight is 287 g/mol. The van der Waals surface area contributed by atoms with E-state index in [9.17, 15) is 4.39 Å². The summed E-state index contributed by atoms with van der Waals surface area (Å²) in [6.45, 7) is 5.28. The molecule has 1 aliphatic heterocycles. The van der Waals surface area contributed by atoms with Gasteiger partial charge in [-0.1, -0.05) is 13.0 Å². The Morgan fingerprint density at radius 1 is 1.14 bits per heavy atom. The summed E-state index contributed by atoms with van der Waals surface area (Å²) in [7, 11) is 0. The third kappa shape index (κ3) is 2.42. The Morgan fingerprint density at radius 3 is 2.48 bits per heavy atom. The first-order valence-electron chi connectivity index (χ1n) is 7.00. The highest BCUT2D eigenvalue weighted by Gasteiger charge is 2.37. The van der Waals surface area contributed by atoms with Gasteiger partial charge in [-0.15, -0.1) is 0 Å². The van der Waals surface area contributed by atoms with Gasteiger partial charge in [-0.2, -0.15) is 4.39 Å². The number of nitrogens with two attached hydrogens (primary N) is 1. The second-order valence-electron chi connectivity index (χ2n) is 5.42. The first kappa shape index (κ1) is 13.7. The number of hydrogen-bond acceptors (Lipinski definition) is 3. The minimum atomic E-state index is -2.09. The van der Waals surface area contributed by atoms with Crippen LogP contribution in [0, 0.1) is 6.92 Å². The maximum Gasteiger partial charge on any atom is 0.404 e. The van der Waals surface area contributed by atoms with Gasteiger partial charge in [-0.3, -0.25) is 0 Å². The normalized spacial score (nSPS) is 19.8. The fraction of sp³-hybridized carbons (Fsp3) is 0.294. The van der Waals surface area contributed by atoms with Crippen molar-refractivity contribution >= 4 is 5.69 Å². The Bertz CT molecular complexity index is 710. The number of fused-ring (bicyclic) bond motifs is 1. The molecule has 1 heterocycles. The van der Waals surface area contributed by atoms with Crippen molar-refractivity contribution in [3.63, 3.8) is 0 Å². The van der Waals surface area contributed by atoms with Crippen LogP contribution < -0.4 is 15.2 Å². The quantitative estimate of drug-likeness (QED) is 0.841. The molecule has 110 valence electrons. The van der Waals surface area contributed by atoms with Crippen LogP contribution in [0.2, 0.25) is 0 Å². The van der Waals surface area contributed by atoms with Crippen molar-refractivity contribution in [1.29, 1.82) is 0 Å². The Kier molecular flexibility index (Phi) is 3.04. The maximum absolute atomic E-state index is 13.8. The maximum atomic E-state index is 13.8. The van der Waals surface area contributed by atoms with E-state index in [1.165, 1.54) is 6.92 Å². The van der Waals surface area contributed by atoms with E-state index in [0.29, 0.717) is 11.5 Å². The molecule has 0 radical (unpaired) electrons. The van der Waals surface area contributed by atoms with Crippen molar-refractivity contribution in [2.24, 2.45) is 0 Å². The van der Waals surface area contributed by atoms with Gasteiger partial charge < -0.3 is 15.2 Å². The molecule has 1 aliphatic rings. The minimum absolute atomic E-state index is 0.426. The zero-order valence-electron chi connectivity index (χ0n) is 12.4. The molecule has 2 aromatic carbocycles. The molecule has 21 heavy (non-hydrogen) atoms. The van der Waals surface area contributed by atoms with Crippen LogP contribution >= 0.6 is 0 Å². The van der Waals surface area contributed by atoms with Crippen LogP contribution in [0.25, 0.3) is 11.1 Å². The lowest BCUT2D eigenvalue weighted by molar-refractivity contribution is -0.173. The second-order valence-corrected chi connectivity index (χ2v) is 5.42. The lowest BCUT2D eigenvalue weighted by atomic mass is 9.97. The minimum Gasteiger partial charge on any atom is -0.423 e. The molecule has 1 unspecified atom stereocenters. The molecular weight excluding hydrogens is 269 g/mol. The van der Waals surface area contributed by atoms with Crippen molar-refractivity contribution < 1.29 is 13.9 Å². The molecular formula is C17H18FNO2. The third-order valence-electron chi connectivity index (χ3n) is 3.71. The Morgan fingerprint density at radius 2 is 1.81 bits per heavy atom. The topological polar surface area (TPSA) is 44.5 Å². The molecule has 0 bridgehead atoms. The summed E-state index contributed by atoms with van der Waals surface area (Å²) in [6, 6.07) is 7.46. The van der Waals surface area contributed by atoms with E-state index in [1.807, 2.05) is 25.1 Å².